The average molecular weight is 310 g/mol. The van der Waals surface area contributed by atoms with E-state index in [2.05, 4.69) is 5.32 Å². The van der Waals surface area contributed by atoms with Gasteiger partial charge in [-0.15, -0.1) is 0 Å². The molecule has 0 spiro atoms. The fourth-order valence-electron chi connectivity index (χ4n) is 2.29. The van der Waals surface area contributed by atoms with Crippen LogP contribution in [0.1, 0.15) is 39.2 Å². The predicted octanol–water partition coefficient (Wildman–Crippen LogP) is 2.37. The lowest BCUT2D eigenvalue weighted by molar-refractivity contribution is 0.342. The number of sulfonamides is 1. The van der Waals surface area contributed by atoms with Crippen molar-refractivity contribution in [3.8, 4) is 0 Å². The Morgan fingerprint density at radius 3 is 2.33 bits per heavy atom. The molecule has 4 nitrogen and oxygen atoms in total. The summed E-state index contributed by atoms with van der Waals surface area (Å²) < 4.78 is 27.2. The van der Waals surface area contributed by atoms with Gasteiger partial charge in [-0.1, -0.05) is 30.3 Å². The Morgan fingerprint density at radius 1 is 1.19 bits per heavy atom. The first kappa shape index (κ1) is 16.5. The number of benzene rings is 1. The van der Waals surface area contributed by atoms with E-state index in [0.717, 1.165) is 5.56 Å². The summed E-state index contributed by atoms with van der Waals surface area (Å²) in [4.78, 5) is 0. The normalized spacial score (nSPS) is 17.4. The van der Waals surface area contributed by atoms with Crippen molar-refractivity contribution in [3.05, 3.63) is 35.9 Å². The molecule has 1 N–H and O–H groups in total. The highest BCUT2D eigenvalue weighted by Gasteiger charge is 2.32. The summed E-state index contributed by atoms with van der Waals surface area (Å²) >= 11 is 0. The number of nitrogens with one attached hydrogen (secondary N) is 1. The maximum atomic E-state index is 12.8. The van der Waals surface area contributed by atoms with Crippen molar-refractivity contribution in [2.24, 2.45) is 0 Å². The Balaban J connectivity index is 2.07. The lowest BCUT2D eigenvalue weighted by atomic mass is 10.2. The maximum absolute atomic E-state index is 12.8. The molecule has 1 fully saturated rings. The van der Waals surface area contributed by atoms with Gasteiger partial charge in [0.05, 0.1) is 5.25 Å². The second-order valence-corrected chi connectivity index (χ2v) is 8.47. The number of nitrogens with zero attached hydrogens (tertiary/aromatic N) is 1. The van der Waals surface area contributed by atoms with E-state index in [4.69, 9.17) is 0 Å². The van der Waals surface area contributed by atoms with Crippen LogP contribution in [0, 0.1) is 0 Å². The third-order valence-electron chi connectivity index (χ3n) is 3.86. The largest absolute Gasteiger partial charge is 0.313 e. The summed E-state index contributed by atoms with van der Waals surface area (Å²) in [6.07, 6.45) is 2.34. The minimum absolute atomic E-state index is 0.0430. The van der Waals surface area contributed by atoms with Gasteiger partial charge in [0.25, 0.3) is 0 Å². The van der Waals surface area contributed by atoms with Crippen LogP contribution in [0.5, 0.6) is 0 Å². The van der Waals surface area contributed by atoms with Gasteiger partial charge >= 0.3 is 0 Å². The Labute approximate surface area is 128 Å². The Bertz CT molecular complexity index is 539. The van der Waals surface area contributed by atoms with E-state index in [1.54, 1.807) is 11.2 Å². The first-order valence-corrected chi connectivity index (χ1v) is 9.19. The van der Waals surface area contributed by atoms with Gasteiger partial charge in [-0.05, 0) is 39.2 Å². The molecule has 21 heavy (non-hydrogen) atoms. The third kappa shape index (κ3) is 4.53. The summed E-state index contributed by atoms with van der Waals surface area (Å²) in [6.45, 7) is 6.63. The molecule has 1 atom stereocenters. The summed E-state index contributed by atoms with van der Waals surface area (Å²) in [5.41, 5.74) is 1.03. The molecule has 118 valence electrons. The smallest absolute Gasteiger partial charge is 0.218 e. The van der Waals surface area contributed by atoms with Gasteiger partial charge in [0.2, 0.25) is 10.0 Å². The molecule has 0 saturated heterocycles. The molecule has 1 aromatic carbocycles. The second-order valence-electron chi connectivity index (χ2n) is 6.16. The van der Waals surface area contributed by atoms with Gasteiger partial charge in [0, 0.05) is 25.2 Å². The fraction of sp³-hybridized carbons (Fsp3) is 0.625. The van der Waals surface area contributed by atoms with Gasteiger partial charge in [-0.3, -0.25) is 0 Å². The highest BCUT2D eigenvalue weighted by molar-refractivity contribution is 7.89. The molecule has 1 aromatic rings. The summed E-state index contributed by atoms with van der Waals surface area (Å²) in [5, 5.41) is 2.92. The van der Waals surface area contributed by atoms with E-state index < -0.39 is 15.3 Å². The molecule has 1 unspecified atom stereocenters. The summed E-state index contributed by atoms with van der Waals surface area (Å²) in [6, 6.07) is 10.3. The van der Waals surface area contributed by atoms with Crippen LogP contribution in [0.4, 0.5) is 0 Å². The summed E-state index contributed by atoms with van der Waals surface area (Å²) in [5.74, 6) is 0. The molecule has 1 aliphatic carbocycles. The Morgan fingerprint density at radius 2 is 1.81 bits per heavy atom. The van der Waals surface area contributed by atoms with Crippen LogP contribution >= 0.6 is 0 Å². The minimum Gasteiger partial charge on any atom is -0.313 e. The number of rotatable bonds is 8. The van der Waals surface area contributed by atoms with Crippen LogP contribution in [-0.2, 0) is 16.6 Å². The second kappa shape index (κ2) is 6.90. The van der Waals surface area contributed by atoms with Crippen LogP contribution in [0.25, 0.3) is 0 Å². The summed E-state index contributed by atoms with van der Waals surface area (Å²) in [7, 11) is -3.30. The maximum Gasteiger partial charge on any atom is 0.218 e. The first-order chi connectivity index (χ1) is 9.91. The van der Waals surface area contributed by atoms with Crippen LogP contribution in [-0.4, -0.2) is 36.6 Å². The Hall–Kier alpha value is -0.910. The zero-order valence-corrected chi connectivity index (χ0v) is 13.9. The molecule has 0 bridgehead atoms. The quantitative estimate of drug-likeness (QED) is 0.802. The van der Waals surface area contributed by atoms with Crippen molar-refractivity contribution in [3.63, 3.8) is 0 Å². The highest BCUT2D eigenvalue weighted by atomic mass is 32.2. The van der Waals surface area contributed by atoms with Gasteiger partial charge in [-0.25, -0.2) is 8.42 Å². The standard InChI is InChI=1S/C16H26N2O2S/c1-13(2)18(12-15-7-5-4-6-8-15)21(19,20)14(3)11-17-16-9-10-16/h4-8,13-14,16-17H,9-12H2,1-3H3. The predicted molar refractivity (Wildman–Crippen MR) is 86.5 cm³/mol. The Kier molecular flexibility index (Phi) is 5.41. The van der Waals surface area contributed by atoms with E-state index in [0.29, 0.717) is 19.1 Å². The van der Waals surface area contributed by atoms with Crippen molar-refractivity contribution in [2.45, 2.75) is 57.5 Å². The topological polar surface area (TPSA) is 49.4 Å². The van der Waals surface area contributed by atoms with E-state index in [1.165, 1.54) is 12.8 Å². The van der Waals surface area contributed by atoms with E-state index in [-0.39, 0.29) is 6.04 Å². The van der Waals surface area contributed by atoms with E-state index >= 15 is 0 Å². The number of hydrogen-bond acceptors (Lipinski definition) is 3. The van der Waals surface area contributed by atoms with Gasteiger partial charge in [0.1, 0.15) is 0 Å². The zero-order valence-electron chi connectivity index (χ0n) is 13.1. The van der Waals surface area contributed by atoms with Crippen molar-refractivity contribution in [1.29, 1.82) is 0 Å². The highest BCUT2D eigenvalue weighted by Crippen LogP contribution is 2.21. The van der Waals surface area contributed by atoms with Crippen LogP contribution in [0.15, 0.2) is 30.3 Å². The molecule has 0 amide bonds. The van der Waals surface area contributed by atoms with E-state index in [1.807, 2.05) is 44.2 Å². The molecule has 1 aliphatic rings. The van der Waals surface area contributed by atoms with Crippen molar-refractivity contribution in [2.75, 3.05) is 6.54 Å². The molecule has 0 heterocycles. The zero-order chi connectivity index (χ0) is 15.5. The van der Waals surface area contributed by atoms with Crippen molar-refractivity contribution >= 4 is 10.0 Å². The van der Waals surface area contributed by atoms with Crippen molar-refractivity contribution < 1.29 is 8.42 Å². The van der Waals surface area contributed by atoms with Crippen LogP contribution < -0.4 is 5.32 Å². The fourth-order valence-corrected chi connectivity index (χ4v) is 3.97. The molecule has 1 saturated carbocycles. The first-order valence-electron chi connectivity index (χ1n) is 7.69. The van der Waals surface area contributed by atoms with Crippen LogP contribution in [0.2, 0.25) is 0 Å². The molecule has 0 aromatic heterocycles. The SMILES string of the molecule is CC(C)N(Cc1ccccc1)S(=O)(=O)C(C)CNC1CC1. The number of hydrogen-bond donors (Lipinski definition) is 1. The lowest BCUT2D eigenvalue weighted by Gasteiger charge is -2.29. The average Bonchev–Trinajstić information content (AvgIpc) is 3.26. The van der Waals surface area contributed by atoms with Gasteiger partial charge in [0.15, 0.2) is 0 Å². The van der Waals surface area contributed by atoms with Crippen LogP contribution in [0.3, 0.4) is 0 Å². The van der Waals surface area contributed by atoms with Crippen molar-refractivity contribution in [1.82, 2.24) is 9.62 Å². The third-order valence-corrected chi connectivity index (χ3v) is 6.25. The molecular formula is C16H26N2O2S. The molecule has 0 aliphatic heterocycles. The monoisotopic (exact) mass is 310 g/mol. The van der Waals surface area contributed by atoms with Gasteiger partial charge in [-0.2, -0.15) is 4.31 Å². The lowest BCUT2D eigenvalue weighted by Crippen LogP contribution is -2.45. The van der Waals surface area contributed by atoms with Gasteiger partial charge < -0.3 is 5.32 Å². The van der Waals surface area contributed by atoms with E-state index in [9.17, 15) is 8.42 Å². The molecule has 5 heteroatoms. The minimum atomic E-state index is -3.30. The molecule has 2 rings (SSSR count). The molecule has 0 radical (unpaired) electrons. The molecular weight excluding hydrogens is 284 g/mol.